The highest BCUT2D eigenvalue weighted by molar-refractivity contribution is 5.78. The molecule has 0 aliphatic carbocycles. The van der Waals surface area contributed by atoms with E-state index in [-0.39, 0.29) is 0 Å². The van der Waals surface area contributed by atoms with E-state index in [1.54, 1.807) is 6.20 Å². The third kappa shape index (κ3) is 7.00. The lowest BCUT2D eigenvalue weighted by molar-refractivity contribution is -0.119. The Morgan fingerprint density at radius 1 is 1.17 bits per heavy atom. The summed E-state index contributed by atoms with van der Waals surface area (Å²) in [5.41, 5.74) is 1.08. The van der Waals surface area contributed by atoms with Crippen LogP contribution in [-0.2, 0) is 11.2 Å². The monoisotopic (exact) mass is 245 g/mol. The minimum Gasteiger partial charge on any atom is -0.300 e. The molecular formula is C16H23NO. The highest BCUT2D eigenvalue weighted by atomic mass is 16.1. The third-order valence-corrected chi connectivity index (χ3v) is 2.98. The van der Waals surface area contributed by atoms with Gasteiger partial charge < -0.3 is 0 Å². The number of allylic oxidation sites excluding steroid dienone is 1. The lowest BCUT2D eigenvalue weighted by Gasteiger charge is -2.01. The predicted molar refractivity (Wildman–Crippen MR) is 75.5 cm³/mol. The molecule has 2 heteroatoms. The van der Waals surface area contributed by atoms with Crippen molar-refractivity contribution in [3.8, 4) is 0 Å². The molecule has 0 fully saturated rings. The SMILES string of the molecule is C=CCCCCCC(=O)CCCc1ccccn1. The molecule has 1 aromatic heterocycles. The van der Waals surface area contributed by atoms with E-state index in [2.05, 4.69) is 11.6 Å². The van der Waals surface area contributed by atoms with Crippen molar-refractivity contribution in [1.29, 1.82) is 0 Å². The van der Waals surface area contributed by atoms with E-state index in [4.69, 9.17) is 0 Å². The molecule has 0 unspecified atom stereocenters. The minimum atomic E-state index is 0.393. The van der Waals surface area contributed by atoms with Crippen LogP contribution in [0.1, 0.15) is 50.6 Å². The van der Waals surface area contributed by atoms with Gasteiger partial charge in [0.05, 0.1) is 0 Å². The van der Waals surface area contributed by atoms with E-state index < -0.39 is 0 Å². The Kier molecular flexibility index (Phi) is 7.78. The summed E-state index contributed by atoms with van der Waals surface area (Å²) in [6.45, 7) is 3.69. The largest absolute Gasteiger partial charge is 0.300 e. The molecule has 98 valence electrons. The van der Waals surface area contributed by atoms with Gasteiger partial charge in [-0.05, 0) is 44.2 Å². The molecule has 0 N–H and O–H groups in total. The van der Waals surface area contributed by atoms with Crippen molar-refractivity contribution in [2.24, 2.45) is 0 Å². The van der Waals surface area contributed by atoms with Gasteiger partial charge in [0.1, 0.15) is 5.78 Å². The lowest BCUT2D eigenvalue weighted by atomic mass is 10.0. The molecule has 0 aliphatic heterocycles. The average Bonchev–Trinajstić information content (AvgIpc) is 2.40. The minimum absolute atomic E-state index is 0.393. The van der Waals surface area contributed by atoms with Crippen LogP contribution < -0.4 is 0 Å². The summed E-state index contributed by atoms with van der Waals surface area (Å²) in [5.74, 6) is 0.393. The number of aryl methyl sites for hydroxylation is 1. The van der Waals surface area contributed by atoms with Crippen LogP contribution in [0.4, 0.5) is 0 Å². The number of Topliss-reactive ketones (excluding diaryl/α,β-unsaturated/α-hetero) is 1. The molecule has 0 aromatic carbocycles. The van der Waals surface area contributed by atoms with Crippen molar-refractivity contribution < 1.29 is 4.79 Å². The highest BCUT2D eigenvalue weighted by Gasteiger charge is 2.02. The molecular weight excluding hydrogens is 222 g/mol. The molecule has 0 radical (unpaired) electrons. The maximum Gasteiger partial charge on any atom is 0.132 e. The molecule has 0 amide bonds. The van der Waals surface area contributed by atoms with Crippen molar-refractivity contribution in [3.05, 3.63) is 42.7 Å². The lowest BCUT2D eigenvalue weighted by Crippen LogP contribution is -1.99. The third-order valence-electron chi connectivity index (χ3n) is 2.98. The average molecular weight is 245 g/mol. The number of nitrogens with zero attached hydrogens (tertiary/aromatic N) is 1. The first-order chi connectivity index (χ1) is 8.83. The smallest absolute Gasteiger partial charge is 0.132 e. The number of aromatic nitrogens is 1. The Morgan fingerprint density at radius 3 is 2.72 bits per heavy atom. The summed E-state index contributed by atoms with van der Waals surface area (Å²) in [6, 6.07) is 5.92. The topological polar surface area (TPSA) is 30.0 Å². The standard InChI is InChI=1S/C16H23NO/c1-2-3-4-5-6-12-16(18)13-9-11-15-10-7-8-14-17-15/h2,7-8,10,14H,1,3-6,9,11-13H2. The number of hydrogen-bond acceptors (Lipinski definition) is 2. The normalized spacial score (nSPS) is 10.2. The molecule has 0 saturated carbocycles. The van der Waals surface area contributed by atoms with Crippen molar-refractivity contribution in [2.45, 2.75) is 51.4 Å². The first-order valence-corrected chi connectivity index (χ1v) is 6.85. The molecule has 0 aliphatic rings. The Labute approximate surface area is 110 Å². The van der Waals surface area contributed by atoms with Crippen LogP contribution in [0, 0.1) is 0 Å². The van der Waals surface area contributed by atoms with Crippen molar-refractivity contribution in [1.82, 2.24) is 4.98 Å². The van der Waals surface area contributed by atoms with E-state index in [0.29, 0.717) is 12.2 Å². The number of ketones is 1. The Hall–Kier alpha value is -1.44. The van der Waals surface area contributed by atoms with Gasteiger partial charge >= 0.3 is 0 Å². The van der Waals surface area contributed by atoms with E-state index in [0.717, 1.165) is 50.6 Å². The van der Waals surface area contributed by atoms with Gasteiger partial charge in [-0.3, -0.25) is 9.78 Å². The van der Waals surface area contributed by atoms with Crippen LogP contribution in [0.3, 0.4) is 0 Å². The van der Waals surface area contributed by atoms with Crippen LogP contribution >= 0.6 is 0 Å². The summed E-state index contributed by atoms with van der Waals surface area (Å²) in [7, 11) is 0. The molecule has 1 rings (SSSR count). The van der Waals surface area contributed by atoms with E-state index in [1.165, 1.54) is 0 Å². The van der Waals surface area contributed by atoms with Crippen LogP contribution in [0.25, 0.3) is 0 Å². The second-order valence-corrected chi connectivity index (χ2v) is 4.60. The maximum absolute atomic E-state index is 11.6. The van der Waals surface area contributed by atoms with E-state index in [1.807, 2.05) is 24.3 Å². The molecule has 0 bridgehead atoms. The summed E-state index contributed by atoms with van der Waals surface area (Å²) < 4.78 is 0. The Bertz CT molecular complexity index is 345. The van der Waals surface area contributed by atoms with Gasteiger partial charge in [-0.1, -0.05) is 18.6 Å². The van der Waals surface area contributed by atoms with Gasteiger partial charge in [-0.2, -0.15) is 0 Å². The van der Waals surface area contributed by atoms with E-state index in [9.17, 15) is 4.79 Å². The van der Waals surface area contributed by atoms with Crippen LogP contribution in [0.2, 0.25) is 0 Å². The number of rotatable bonds is 10. The quantitative estimate of drug-likeness (QED) is 0.458. The van der Waals surface area contributed by atoms with Gasteiger partial charge in [0.2, 0.25) is 0 Å². The molecule has 0 atom stereocenters. The highest BCUT2D eigenvalue weighted by Crippen LogP contribution is 2.08. The molecule has 2 nitrogen and oxygen atoms in total. The molecule has 1 aromatic rings. The fourth-order valence-electron chi connectivity index (χ4n) is 1.93. The van der Waals surface area contributed by atoms with E-state index >= 15 is 0 Å². The number of unbranched alkanes of at least 4 members (excludes halogenated alkanes) is 3. The molecule has 0 saturated heterocycles. The fourth-order valence-corrected chi connectivity index (χ4v) is 1.93. The first-order valence-electron chi connectivity index (χ1n) is 6.85. The van der Waals surface area contributed by atoms with Gasteiger partial charge in [-0.25, -0.2) is 0 Å². The number of hydrogen-bond donors (Lipinski definition) is 0. The second kappa shape index (κ2) is 9.58. The van der Waals surface area contributed by atoms with Gasteiger partial charge in [0.15, 0.2) is 0 Å². The summed E-state index contributed by atoms with van der Waals surface area (Å²) in [4.78, 5) is 15.9. The number of carbonyl (C=O) groups excluding carboxylic acids is 1. The van der Waals surface area contributed by atoms with Crippen molar-refractivity contribution in [2.75, 3.05) is 0 Å². The summed E-state index contributed by atoms with van der Waals surface area (Å²) >= 11 is 0. The van der Waals surface area contributed by atoms with Crippen molar-refractivity contribution >= 4 is 5.78 Å². The van der Waals surface area contributed by atoms with Crippen LogP contribution in [0.15, 0.2) is 37.1 Å². The van der Waals surface area contributed by atoms with Crippen molar-refractivity contribution in [3.63, 3.8) is 0 Å². The molecule has 1 heterocycles. The zero-order chi connectivity index (χ0) is 13.1. The molecule has 18 heavy (non-hydrogen) atoms. The summed E-state index contributed by atoms with van der Waals surface area (Å²) in [6.07, 6.45) is 11.4. The number of carbonyl (C=O) groups is 1. The van der Waals surface area contributed by atoms with Crippen LogP contribution in [-0.4, -0.2) is 10.8 Å². The zero-order valence-electron chi connectivity index (χ0n) is 11.1. The second-order valence-electron chi connectivity index (χ2n) is 4.60. The number of pyridine rings is 1. The molecule has 0 spiro atoms. The van der Waals surface area contributed by atoms with Gasteiger partial charge in [-0.15, -0.1) is 6.58 Å². The zero-order valence-corrected chi connectivity index (χ0v) is 11.1. The maximum atomic E-state index is 11.6. The first kappa shape index (κ1) is 14.6. The Balaban J connectivity index is 2.01. The fraction of sp³-hybridized carbons (Fsp3) is 0.500. The Morgan fingerprint density at radius 2 is 2.00 bits per heavy atom. The van der Waals surface area contributed by atoms with Gasteiger partial charge in [0.25, 0.3) is 0 Å². The predicted octanol–water partition coefficient (Wildman–Crippen LogP) is 4.11. The summed E-state index contributed by atoms with van der Waals surface area (Å²) in [5, 5.41) is 0. The van der Waals surface area contributed by atoms with Gasteiger partial charge in [0, 0.05) is 24.7 Å². The van der Waals surface area contributed by atoms with Crippen LogP contribution in [0.5, 0.6) is 0 Å².